The Balaban J connectivity index is 1.99. The number of fused-ring (bicyclic) bond motifs is 2. The van der Waals surface area contributed by atoms with Crippen molar-refractivity contribution in [2.45, 2.75) is 48.2 Å². The van der Waals surface area contributed by atoms with Gasteiger partial charge in [-0.25, -0.2) is 4.39 Å². The van der Waals surface area contributed by atoms with Gasteiger partial charge < -0.3 is 5.11 Å². The molecule has 0 aliphatic carbocycles. The van der Waals surface area contributed by atoms with Crippen molar-refractivity contribution in [3.63, 3.8) is 0 Å². The van der Waals surface area contributed by atoms with Crippen molar-refractivity contribution in [3.8, 4) is 6.07 Å². The molecule has 2 saturated heterocycles. The Labute approximate surface area is 119 Å². The van der Waals surface area contributed by atoms with E-state index >= 15 is 0 Å². The lowest BCUT2D eigenvalue weighted by molar-refractivity contribution is 0.00625. The predicted molar refractivity (Wildman–Crippen MR) is 73.8 cm³/mol. The van der Waals surface area contributed by atoms with Crippen molar-refractivity contribution in [2.75, 3.05) is 0 Å². The van der Waals surface area contributed by atoms with E-state index in [0.29, 0.717) is 18.4 Å². The first-order chi connectivity index (χ1) is 9.51. The Morgan fingerprint density at radius 1 is 1.30 bits per heavy atom. The molecule has 5 heteroatoms. The molecular weight excluding hydrogens is 277 g/mol. The van der Waals surface area contributed by atoms with Crippen LogP contribution < -0.4 is 0 Å². The Bertz CT molecular complexity index is 594. The Kier molecular flexibility index (Phi) is 3.39. The smallest absolute Gasteiger partial charge is 0.124 e. The molecule has 2 aliphatic heterocycles. The topological polar surface area (TPSA) is 61.1 Å². The molecule has 2 aliphatic rings. The molecule has 0 amide bonds. The van der Waals surface area contributed by atoms with Gasteiger partial charge in [-0.15, -0.1) is 0 Å². The highest BCUT2D eigenvalue weighted by Gasteiger charge is 2.46. The molecule has 2 unspecified atom stereocenters. The van der Waals surface area contributed by atoms with Gasteiger partial charge in [0.2, 0.25) is 0 Å². The van der Waals surface area contributed by atoms with Crippen molar-refractivity contribution in [3.05, 3.63) is 35.1 Å². The van der Waals surface area contributed by atoms with E-state index in [1.54, 1.807) is 6.07 Å². The Hall–Kier alpha value is -1.25. The molecular formula is C15H16FNO2S. The van der Waals surface area contributed by atoms with Crippen LogP contribution in [0.25, 0.3) is 0 Å². The molecule has 1 aromatic carbocycles. The van der Waals surface area contributed by atoms with Gasteiger partial charge in [0.05, 0.1) is 17.2 Å². The third-order valence-corrected chi connectivity index (χ3v) is 6.52. The van der Waals surface area contributed by atoms with Crippen molar-refractivity contribution in [1.82, 2.24) is 0 Å². The summed E-state index contributed by atoms with van der Waals surface area (Å²) in [6, 6.07) is 5.92. The second-order valence-corrected chi connectivity index (χ2v) is 7.77. The van der Waals surface area contributed by atoms with E-state index in [1.165, 1.54) is 6.07 Å². The molecule has 2 fully saturated rings. The summed E-state index contributed by atoms with van der Waals surface area (Å²) in [4.78, 5) is 0. The van der Waals surface area contributed by atoms with Crippen molar-refractivity contribution < 1.29 is 13.7 Å². The maximum absolute atomic E-state index is 13.6. The fraction of sp³-hybridized carbons (Fsp3) is 0.533. The van der Waals surface area contributed by atoms with Crippen LogP contribution in [0.4, 0.5) is 4.39 Å². The molecule has 0 radical (unpaired) electrons. The standard InChI is InChI=1S/C15H16FNO2S/c16-12-5-10(9-17)4-11(6-12)15(18)7-13-2-1-3-14(8-15)20(13)19/h4-6,13-14,18H,1-3,7-8H2. The van der Waals surface area contributed by atoms with E-state index in [4.69, 9.17) is 5.26 Å². The van der Waals surface area contributed by atoms with Crippen LogP contribution >= 0.6 is 0 Å². The molecule has 3 rings (SSSR count). The van der Waals surface area contributed by atoms with E-state index in [2.05, 4.69) is 0 Å². The molecule has 0 saturated carbocycles. The first kappa shape index (κ1) is 13.7. The second kappa shape index (κ2) is 4.94. The van der Waals surface area contributed by atoms with E-state index in [-0.39, 0.29) is 16.1 Å². The zero-order valence-electron chi connectivity index (χ0n) is 11.0. The highest BCUT2D eigenvalue weighted by Crippen LogP contribution is 2.44. The minimum Gasteiger partial charge on any atom is -0.385 e. The van der Waals surface area contributed by atoms with Crippen LogP contribution in [-0.2, 0) is 16.4 Å². The molecule has 20 heavy (non-hydrogen) atoms. The summed E-state index contributed by atoms with van der Waals surface area (Å²) < 4.78 is 25.8. The number of nitrogens with zero attached hydrogens (tertiary/aromatic N) is 1. The minimum atomic E-state index is -1.16. The number of rotatable bonds is 1. The van der Waals surface area contributed by atoms with Gasteiger partial charge in [-0.05, 0) is 49.4 Å². The van der Waals surface area contributed by atoms with Gasteiger partial charge >= 0.3 is 0 Å². The third kappa shape index (κ3) is 2.27. The van der Waals surface area contributed by atoms with Crippen LogP contribution in [0.2, 0.25) is 0 Å². The van der Waals surface area contributed by atoms with E-state index in [1.807, 2.05) is 6.07 Å². The van der Waals surface area contributed by atoms with Crippen molar-refractivity contribution in [1.29, 1.82) is 5.26 Å². The van der Waals surface area contributed by atoms with Crippen LogP contribution in [0.3, 0.4) is 0 Å². The molecule has 0 aromatic heterocycles. The lowest BCUT2D eigenvalue weighted by atomic mass is 9.80. The Morgan fingerprint density at radius 2 is 1.95 bits per heavy atom. The maximum atomic E-state index is 13.6. The lowest BCUT2D eigenvalue weighted by Crippen LogP contribution is -2.47. The summed E-state index contributed by atoms with van der Waals surface area (Å²) in [6.07, 6.45) is 3.54. The second-order valence-electron chi connectivity index (χ2n) is 5.78. The van der Waals surface area contributed by atoms with Gasteiger partial charge in [0, 0.05) is 21.3 Å². The summed E-state index contributed by atoms with van der Waals surface area (Å²) in [5.74, 6) is -0.510. The molecule has 2 bridgehead atoms. The molecule has 2 atom stereocenters. The molecule has 2 heterocycles. The Morgan fingerprint density at radius 3 is 2.55 bits per heavy atom. The maximum Gasteiger partial charge on any atom is 0.124 e. The van der Waals surface area contributed by atoms with E-state index in [9.17, 15) is 13.7 Å². The van der Waals surface area contributed by atoms with Gasteiger partial charge in [-0.1, -0.05) is 6.42 Å². The molecule has 1 aromatic rings. The van der Waals surface area contributed by atoms with Crippen molar-refractivity contribution >= 4 is 10.8 Å². The zero-order valence-corrected chi connectivity index (χ0v) is 11.8. The van der Waals surface area contributed by atoms with Gasteiger partial charge in [0.25, 0.3) is 0 Å². The summed E-state index contributed by atoms with van der Waals surface area (Å²) in [6.45, 7) is 0. The fourth-order valence-electron chi connectivity index (χ4n) is 3.44. The largest absolute Gasteiger partial charge is 0.385 e. The zero-order chi connectivity index (χ0) is 14.3. The third-order valence-electron chi connectivity index (χ3n) is 4.40. The molecule has 1 N–H and O–H groups in total. The van der Waals surface area contributed by atoms with E-state index < -0.39 is 22.2 Å². The van der Waals surface area contributed by atoms with Crippen molar-refractivity contribution in [2.24, 2.45) is 0 Å². The van der Waals surface area contributed by atoms with Gasteiger partial charge in [-0.2, -0.15) is 5.26 Å². The SMILES string of the molecule is N#Cc1cc(F)cc(C2(O)CC3CCCC(C2)S3=O)c1. The number of benzene rings is 1. The summed E-state index contributed by atoms with van der Waals surface area (Å²) in [5, 5.41) is 19.8. The van der Waals surface area contributed by atoms with Gasteiger partial charge in [-0.3, -0.25) is 4.21 Å². The lowest BCUT2D eigenvalue weighted by Gasteiger charge is -2.43. The number of aliphatic hydroxyl groups is 1. The summed E-state index contributed by atoms with van der Waals surface area (Å²) in [5.41, 5.74) is -0.495. The molecule has 0 spiro atoms. The van der Waals surface area contributed by atoms with Crippen LogP contribution in [0.15, 0.2) is 18.2 Å². The van der Waals surface area contributed by atoms with Crippen LogP contribution in [0, 0.1) is 17.1 Å². The minimum absolute atomic E-state index is 0.0127. The summed E-state index contributed by atoms with van der Waals surface area (Å²) in [7, 11) is -0.888. The predicted octanol–water partition coefficient (Wildman–Crippen LogP) is 2.35. The monoisotopic (exact) mass is 293 g/mol. The number of halogens is 1. The van der Waals surface area contributed by atoms with Crippen LogP contribution in [0.5, 0.6) is 0 Å². The molecule has 3 nitrogen and oxygen atoms in total. The molecule has 106 valence electrons. The average Bonchev–Trinajstić information content (AvgIpc) is 2.40. The van der Waals surface area contributed by atoms with Crippen LogP contribution in [-0.4, -0.2) is 19.8 Å². The average molecular weight is 293 g/mol. The highest BCUT2D eigenvalue weighted by molar-refractivity contribution is 7.86. The van der Waals surface area contributed by atoms with Crippen LogP contribution in [0.1, 0.15) is 43.2 Å². The fourth-order valence-corrected chi connectivity index (χ4v) is 5.66. The first-order valence-electron chi connectivity index (χ1n) is 6.85. The van der Waals surface area contributed by atoms with Gasteiger partial charge in [0.1, 0.15) is 5.82 Å². The normalized spacial score (nSPS) is 36.4. The first-order valence-corrected chi connectivity index (χ1v) is 8.12. The number of hydrogen-bond donors (Lipinski definition) is 1. The number of nitriles is 1. The summed E-state index contributed by atoms with van der Waals surface area (Å²) >= 11 is 0. The highest BCUT2D eigenvalue weighted by atomic mass is 32.2. The quantitative estimate of drug-likeness (QED) is 0.864. The van der Waals surface area contributed by atoms with E-state index in [0.717, 1.165) is 25.3 Å². The number of hydrogen-bond acceptors (Lipinski definition) is 3. The van der Waals surface area contributed by atoms with Gasteiger partial charge in [0.15, 0.2) is 0 Å².